The second-order valence-electron chi connectivity index (χ2n) is 4.21. The van der Waals surface area contributed by atoms with Gasteiger partial charge in [0.25, 0.3) is 0 Å². The topological polar surface area (TPSA) is 65.2 Å². The van der Waals surface area contributed by atoms with Crippen molar-refractivity contribution in [1.29, 1.82) is 0 Å². The van der Waals surface area contributed by atoms with Crippen LogP contribution in [0.5, 0.6) is 0 Å². The molecule has 0 unspecified atom stereocenters. The van der Waals surface area contributed by atoms with E-state index >= 15 is 0 Å². The Morgan fingerprint density at radius 2 is 2.31 bits per heavy atom. The third-order valence-corrected chi connectivity index (χ3v) is 2.13. The molecule has 1 rings (SSSR count). The summed E-state index contributed by atoms with van der Waals surface area (Å²) in [7, 11) is 0. The van der Waals surface area contributed by atoms with Crippen molar-refractivity contribution in [2.24, 2.45) is 11.7 Å². The predicted molar refractivity (Wildman–Crippen MR) is 61.5 cm³/mol. The monoisotopic (exact) mass is 222 g/mol. The van der Waals surface area contributed by atoms with Crippen molar-refractivity contribution in [1.82, 2.24) is 4.98 Å². The number of nitrogens with zero attached hydrogens (tertiary/aromatic N) is 1. The Kier molecular flexibility index (Phi) is 4.92. The van der Waals surface area contributed by atoms with Gasteiger partial charge in [0, 0.05) is 18.0 Å². The van der Waals surface area contributed by atoms with E-state index in [4.69, 9.17) is 10.5 Å². The van der Waals surface area contributed by atoms with Crippen LogP contribution in [-0.2, 0) is 16.1 Å². The third kappa shape index (κ3) is 4.40. The molecule has 0 aliphatic carbocycles. The molecule has 1 atom stereocenters. The molecule has 0 spiro atoms. The molecule has 88 valence electrons. The van der Waals surface area contributed by atoms with E-state index in [1.165, 1.54) is 0 Å². The van der Waals surface area contributed by atoms with Gasteiger partial charge in [-0.1, -0.05) is 19.9 Å². The molecule has 0 saturated heterocycles. The zero-order valence-corrected chi connectivity index (χ0v) is 9.72. The molecular formula is C12H18N2O2. The van der Waals surface area contributed by atoms with Gasteiger partial charge in [0.2, 0.25) is 0 Å². The van der Waals surface area contributed by atoms with Crippen molar-refractivity contribution < 1.29 is 9.53 Å². The van der Waals surface area contributed by atoms with Crippen LogP contribution in [0.3, 0.4) is 0 Å². The summed E-state index contributed by atoms with van der Waals surface area (Å²) in [6.07, 6.45) is 3.99. The van der Waals surface area contributed by atoms with Gasteiger partial charge in [0.15, 0.2) is 0 Å². The van der Waals surface area contributed by atoms with Crippen molar-refractivity contribution in [3.05, 3.63) is 30.1 Å². The molecule has 0 aromatic carbocycles. The molecule has 0 aliphatic heterocycles. The van der Waals surface area contributed by atoms with Crippen molar-refractivity contribution in [2.45, 2.75) is 32.9 Å². The molecule has 4 nitrogen and oxygen atoms in total. The highest BCUT2D eigenvalue weighted by Crippen LogP contribution is 2.05. The highest BCUT2D eigenvalue weighted by Gasteiger charge is 2.16. The number of pyridine rings is 1. The van der Waals surface area contributed by atoms with Gasteiger partial charge in [0.1, 0.15) is 12.6 Å². The van der Waals surface area contributed by atoms with E-state index in [0.717, 1.165) is 5.56 Å². The van der Waals surface area contributed by atoms with Crippen LogP contribution < -0.4 is 5.73 Å². The fraction of sp³-hybridized carbons (Fsp3) is 0.500. The fourth-order valence-corrected chi connectivity index (χ4v) is 1.35. The fourth-order valence-electron chi connectivity index (χ4n) is 1.35. The lowest BCUT2D eigenvalue weighted by molar-refractivity contribution is -0.146. The quantitative estimate of drug-likeness (QED) is 0.767. The maximum Gasteiger partial charge on any atom is 0.323 e. The molecule has 0 saturated carbocycles. The molecule has 0 amide bonds. The van der Waals surface area contributed by atoms with Crippen LogP contribution >= 0.6 is 0 Å². The Morgan fingerprint density at radius 1 is 1.56 bits per heavy atom. The Bertz CT molecular complexity index is 325. The molecule has 1 aromatic heterocycles. The first-order chi connectivity index (χ1) is 7.59. The van der Waals surface area contributed by atoms with Gasteiger partial charge in [-0.05, 0) is 18.4 Å². The maximum absolute atomic E-state index is 11.5. The molecule has 0 fully saturated rings. The van der Waals surface area contributed by atoms with Gasteiger partial charge in [-0.2, -0.15) is 0 Å². The second-order valence-corrected chi connectivity index (χ2v) is 4.21. The first-order valence-electron chi connectivity index (χ1n) is 5.40. The largest absolute Gasteiger partial charge is 0.460 e. The summed E-state index contributed by atoms with van der Waals surface area (Å²) in [5.41, 5.74) is 6.56. The van der Waals surface area contributed by atoms with Crippen molar-refractivity contribution in [3.8, 4) is 0 Å². The lowest BCUT2D eigenvalue weighted by Crippen LogP contribution is -2.33. The minimum Gasteiger partial charge on any atom is -0.460 e. The lowest BCUT2D eigenvalue weighted by atomic mass is 10.1. The Labute approximate surface area is 95.8 Å². The van der Waals surface area contributed by atoms with Gasteiger partial charge < -0.3 is 10.5 Å². The van der Waals surface area contributed by atoms with Crippen molar-refractivity contribution in [3.63, 3.8) is 0 Å². The second kappa shape index (κ2) is 6.23. The van der Waals surface area contributed by atoms with E-state index < -0.39 is 6.04 Å². The molecule has 0 aliphatic rings. The van der Waals surface area contributed by atoms with Gasteiger partial charge in [-0.3, -0.25) is 9.78 Å². The normalized spacial score (nSPS) is 12.5. The average molecular weight is 222 g/mol. The van der Waals surface area contributed by atoms with Gasteiger partial charge in [-0.15, -0.1) is 0 Å². The number of esters is 1. The zero-order valence-electron chi connectivity index (χ0n) is 9.72. The number of hydrogen-bond donors (Lipinski definition) is 1. The summed E-state index contributed by atoms with van der Waals surface area (Å²) < 4.78 is 5.09. The number of nitrogens with two attached hydrogens (primary N) is 1. The summed E-state index contributed by atoms with van der Waals surface area (Å²) >= 11 is 0. The number of hydrogen-bond acceptors (Lipinski definition) is 4. The number of carbonyl (C=O) groups excluding carboxylic acids is 1. The smallest absolute Gasteiger partial charge is 0.323 e. The highest BCUT2D eigenvalue weighted by atomic mass is 16.5. The van der Waals surface area contributed by atoms with Crippen LogP contribution in [-0.4, -0.2) is 17.0 Å². The Hall–Kier alpha value is -1.42. The van der Waals surface area contributed by atoms with E-state index in [-0.39, 0.29) is 12.6 Å². The van der Waals surface area contributed by atoms with Crippen LogP contribution in [0.4, 0.5) is 0 Å². The maximum atomic E-state index is 11.5. The van der Waals surface area contributed by atoms with E-state index in [9.17, 15) is 4.79 Å². The third-order valence-electron chi connectivity index (χ3n) is 2.13. The van der Waals surface area contributed by atoms with Crippen LogP contribution in [0.1, 0.15) is 25.8 Å². The Balaban J connectivity index is 2.35. The first kappa shape index (κ1) is 12.6. The first-order valence-corrected chi connectivity index (χ1v) is 5.40. The van der Waals surface area contributed by atoms with Crippen LogP contribution in [0.25, 0.3) is 0 Å². The van der Waals surface area contributed by atoms with Crippen LogP contribution in [0.15, 0.2) is 24.5 Å². The van der Waals surface area contributed by atoms with Crippen molar-refractivity contribution >= 4 is 5.97 Å². The highest BCUT2D eigenvalue weighted by molar-refractivity contribution is 5.75. The molecule has 16 heavy (non-hydrogen) atoms. The molecule has 1 heterocycles. The average Bonchev–Trinajstić information content (AvgIpc) is 2.26. The SMILES string of the molecule is CC(C)C[C@H](N)C(=O)OCc1cccnc1. The molecule has 0 radical (unpaired) electrons. The summed E-state index contributed by atoms with van der Waals surface area (Å²) in [6.45, 7) is 4.28. The van der Waals surface area contributed by atoms with Gasteiger partial charge in [-0.25, -0.2) is 0 Å². The minimum atomic E-state index is -0.531. The van der Waals surface area contributed by atoms with Crippen LogP contribution in [0, 0.1) is 5.92 Å². The molecule has 1 aromatic rings. The van der Waals surface area contributed by atoms with E-state index in [1.54, 1.807) is 18.5 Å². The predicted octanol–water partition coefficient (Wildman–Crippen LogP) is 1.50. The Morgan fingerprint density at radius 3 is 2.88 bits per heavy atom. The summed E-state index contributed by atoms with van der Waals surface area (Å²) in [5, 5.41) is 0. The lowest BCUT2D eigenvalue weighted by Gasteiger charge is -2.13. The minimum absolute atomic E-state index is 0.235. The zero-order chi connectivity index (χ0) is 12.0. The molecule has 4 heteroatoms. The number of aromatic nitrogens is 1. The molecule has 2 N–H and O–H groups in total. The van der Waals surface area contributed by atoms with E-state index in [2.05, 4.69) is 4.98 Å². The summed E-state index contributed by atoms with van der Waals surface area (Å²) in [6, 6.07) is 3.13. The number of rotatable bonds is 5. The standard InChI is InChI=1S/C12H18N2O2/c1-9(2)6-11(13)12(15)16-8-10-4-3-5-14-7-10/h3-5,7,9,11H,6,8,13H2,1-2H3/t11-/m0/s1. The van der Waals surface area contributed by atoms with Crippen molar-refractivity contribution in [2.75, 3.05) is 0 Å². The van der Waals surface area contributed by atoms with Gasteiger partial charge in [0.05, 0.1) is 0 Å². The van der Waals surface area contributed by atoms with Gasteiger partial charge >= 0.3 is 5.97 Å². The molecule has 0 bridgehead atoms. The summed E-state index contributed by atoms with van der Waals surface area (Å²) in [5.74, 6) is 0.0403. The molecular weight excluding hydrogens is 204 g/mol. The van der Waals surface area contributed by atoms with Crippen LogP contribution in [0.2, 0.25) is 0 Å². The number of ether oxygens (including phenoxy) is 1. The summed E-state index contributed by atoms with van der Waals surface area (Å²) in [4.78, 5) is 15.4. The van der Waals surface area contributed by atoms with E-state index in [1.807, 2.05) is 19.9 Å². The van der Waals surface area contributed by atoms with E-state index in [0.29, 0.717) is 12.3 Å². The number of carbonyl (C=O) groups is 1.